The first-order valence-electron chi connectivity index (χ1n) is 6.62. The summed E-state index contributed by atoms with van der Waals surface area (Å²) in [5.74, 6) is -1.67. The molecule has 0 spiro atoms. The van der Waals surface area contributed by atoms with Gasteiger partial charge in [-0.25, -0.2) is 9.59 Å². The van der Waals surface area contributed by atoms with Crippen LogP contribution in [0.15, 0.2) is 18.2 Å². The van der Waals surface area contributed by atoms with Gasteiger partial charge in [-0.3, -0.25) is 0 Å². The number of nitrogens with zero attached hydrogens (tertiary/aromatic N) is 1. The van der Waals surface area contributed by atoms with E-state index in [1.54, 1.807) is 4.90 Å². The molecule has 0 aromatic heterocycles. The fourth-order valence-electron chi connectivity index (χ4n) is 1.76. The van der Waals surface area contributed by atoms with Crippen molar-refractivity contribution in [2.24, 2.45) is 0 Å². The molecule has 0 radical (unpaired) electrons. The molecule has 1 aromatic rings. The van der Waals surface area contributed by atoms with E-state index < -0.39 is 11.7 Å². The first-order chi connectivity index (χ1) is 9.51. The highest BCUT2D eigenvalue weighted by Crippen LogP contribution is 2.27. The Balaban J connectivity index is 2.84. The molecule has 1 aromatic carbocycles. The van der Waals surface area contributed by atoms with Crippen molar-refractivity contribution in [1.82, 2.24) is 4.90 Å². The molecule has 0 aliphatic heterocycles. The van der Waals surface area contributed by atoms with E-state index in [-0.39, 0.29) is 17.3 Å². The molecule has 0 heterocycles. The molecule has 0 fully saturated rings. The molecule has 1 rings (SSSR count). The molecule has 0 aliphatic carbocycles. The van der Waals surface area contributed by atoms with Gasteiger partial charge in [-0.1, -0.05) is 19.4 Å². The van der Waals surface area contributed by atoms with E-state index in [1.807, 2.05) is 13.8 Å². The Labute approximate surface area is 118 Å². The Bertz CT molecular complexity index is 488. The van der Waals surface area contributed by atoms with Crippen molar-refractivity contribution in [2.45, 2.75) is 26.7 Å². The highest BCUT2D eigenvalue weighted by atomic mass is 16.4. The maximum atomic E-state index is 12.0. The van der Waals surface area contributed by atoms with Crippen molar-refractivity contribution in [3.63, 3.8) is 0 Å². The van der Waals surface area contributed by atoms with Crippen LogP contribution in [0.1, 0.15) is 37.0 Å². The van der Waals surface area contributed by atoms with Gasteiger partial charge in [-0.2, -0.15) is 0 Å². The monoisotopic (exact) mass is 280 g/mol. The lowest BCUT2D eigenvalue weighted by Crippen LogP contribution is -2.35. The van der Waals surface area contributed by atoms with Crippen LogP contribution < -0.4 is 5.32 Å². The van der Waals surface area contributed by atoms with Gasteiger partial charge in [-0.05, 0) is 25.5 Å². The van der Waals surface area contributed by atoms with Crippen molar-refractivity contribution in [2.75, 3.05) is 18.4 Å². The maximum absolute atomic E-state index is 12.0. The minimum Gasteiger partial charge on any atom is -0.505 e. The summed E-state index contributed by atoms with van der Waals surface area (Å²) in [6.07, 6.45) is 1.87. The SMILES string of the molecule is CCCCN(CC)C(=O)Nc1cccc(C(=O)O)c1O. The summed E-state index contributed by atoms with van der Waals surface area (Å²) in [5.41, 5.74) is -0.135. The van der Waals surface area contributed by atoms with E-state index in [4.69, 9.17) is 5.11 Å². The van der Waals surface area contributed by atoms with Gasteiger partial charge in [0.05, 0.1) is 5.69 Å². The average molecular weight is 280 g/mol. The van der Waals surface area contributed by atoms with Gasteiger partial charge < -0.3 is 20.4 Å². The fraction of sp³-hybridized carbons (Fsp3) is 0.429. The van der Waals surface area contributed by atoms with Gasteiger partial charge in [0.25, 0.3) is 0 Å². The van der Waals surface area contributed by atoms with Crippen molar-refractivity contribution in [3.8, 4) is 5.75 Å². The summed E-state index contributed by atoms with van der Waals surface area (Å²) in [6.45, 7) is 5.07. The standard InChI is InChI=1S/C14H20N2O4/c1-3-5-9-16(4-2)14(20)15-11-8-6-7-10(12(11)17)13(18)19/h6-8,17H,3-5,9H2,1-2H3,(H,15,20)(H,18,19). The Morgan fingerprint density at radius 2 is 2.00 bits per heavy atom. The zero-order valence-electron chi connectivity index (χ0n) is 11.7. The molecule has 20 heavy (non-hydrogen) atoms. The quantitative estimate of drug-likeness (QED) is 0.699. The Hall–Kier alpha value is -2.24. The highest BCUT2D eigenvalue weighted by Gasteiger charge is 2.17. The number of phenols is 1. The molecule has 110 valence electrons. The first kappa shape index (κ1) is 15.8. The van der Waals surface area contributed by atoms with Crippen molar-refractivity contribution in [3.05, 3.63) is 23.8 Å². The lowest BCUT2D eigenvalue weighted by Gasteiger charge is -2.21. The smallest absolute Gasteiger partial charge is 0.339 e. The number of aromatic hydroxyl groups is 1. The second kappa shape index (κ2) is 7.37. The lowest BCUT2D eigenvalue weighted by atomic mass is 10.1. The lowest BCUT2D eigenvalue weighted by molar-refractivity contribution is 0.0693. The third-order valence-corrected chi connectivity index (χ3v) is 2.96. The van der Waals surface area contributed by atoms with Gasteiger partial charge in [0.1, 0.15) is 5.56 Å². The number of urea groups is 1. The van der Waals surface area contributed by atoms with E-state index in [9.17, 15) is 14.7 Å². The number of hydrogen-bond acceptors (Lipinski definition) is 3. The third-order valence-electron chi connectivity index (χ3n) is 2.96. The fourth-order valence-corrected chi connectivity index (χ4v) is 1.76. The molecular formula is C14H20N2O4. The molecule has 0 bridgehead atoms. The topological polar surface area (TPSA) is 89.9 Å². The number of carboxylic acid groups (broad SMARTS) is 1. The minimum absolute atomic E-state index is 0.102. The molecule has 0 aliphatic rings. The normalized spacial score (nSPS) is 10.1. The summed E-state index contributed by atoms with van der Waals surface area (Å²) in [4.78, 5) is 24.6. The minimum atomic E-state index is -1.24. The van der Waals surface area contributed by atoms with E-state index in [2.05, 4.69) is 5.32 Å². The second-order valence-electron chi connectivity index (χ2n) is 4.37. The predicted molar refractivity (Wildman–Crippen MR) is 76.2 cm³/mol. The number of carbonyl (C=O) groups is 2. The first-order valence-corrected chi connectivity index (χ1v) is 6.62. The predicted octanol–water partition coefficient (Wildman–Crippen LogP) is 2.74. The van der Waals surface area contributed by atoms with Gasteiger partial charge >= 0.3 is 12.0 Å². The highest BCUT2D eigenvalue weighted by molar-refractivity contribution is 5.97. The number of hydrogen-bond donors (Lipinski definition) is 3. The number of para-hydroxylation sites is 1. The number of nitrogens with one attached hydrogen (secondary N) is 1. The van der Waals surface area contributed by atoms with Gasteiger partial charge in [0, 0.05) is 13.1 Å². The zero-order valence-corrected chi connectivity index (χ0v) is 11.7. The van der Waals surface area contributed by atoms with Crippen LogP contribution in [0.25, 0.3) is 0 Å². The number of carbonyl (C=O) groups excluding carboxylic acids is 1. The van der Waals surface area contributed by atoms with Crippen LogP contribution >= 0.6 is 0 Å². The Kier molecular flexibility index (Phi) is 5.83. The number of aromatic carboxylic acids is 1. The summed E-state index contributed by atoms with van der Waals surface area (Å²) < 4.78 is 0. The third kappa shape index (κ3) is 3.88. The zero-order chi connectivity index (χ0) is 15.1. The van der Waals surface area contributed by atoms with Gasteiger partial charge in [0.15, 0.2) is 5.75 Å². The van der Waals surface area contributed by atoms with Crippen LogP contribution in [0.4, 0.5) is 10.5 Å². The van der Waals surface area contributed by atoms with Crippen LogP contribution in [-0.4, -0.2) is 40.2 Å². The molecule has 0 saturated carbocycles. The summed E-state index contributed by atoms with van der Waals surface area (Å²) in [7, 11) is 0. The molecular weight excluding hydrogens is 260 g/mol. The van der Waals surface area contributed by atoms with Crippen molar-refractivity contribution in [1.29, 1.82) is 0 Å². The largest absolute Gasteiger partial charge is 0.505 e. The van der Waals surface area contributed by atoms with Crippen molar-refractivity contribution >= 4 is 17.7 Å². The van der Waals surface area contributed by atoms with Crippen LogP contribution in [0.2, 0.25) is 0 Å². The Morgan fingerprint density at radius 3 is 2.55 bits per heavy atom. The molecule has 6 nitrogen and oxygen atoms in total. The van der Waals surface area contributed by atoms with Crippen LogP contribution in [0, 0.1) is 0 Å². The van der Waals surface area contributed by atoms with Gasteiger partial charge in [-0.15, -0.1) is 0 Å². The number of anilines is 1. The van der Waals surface area contributed by atoms with Crippen LogP contribution in [0.5, 0.6) is 5.75 Å². The van der Waals surface area contributed by atoms with Gasteiger partial charge in [0.2, 0.25) is 0 Å². The molecule has 3 N–H and O–H groups in total. The number of carboxylic acids is 1. The number of benzene rings is 1. The average Bonchev–Trinajstić information content (AvgIpc) is 2.41. The summed E-state index contributed by atoms with van der Waals surface area (Å²) in [5, 5.41) is 21.3. The number of rotatable bonds is 6. The van der Waals surface area contributed by atoms with E-state index in [0.717, 1.165) is 12.8 Å². The van der Waals surface area contributed by atoms with E-state index in [1.165, 1.54) is 18.2 Å². The number of unbranched alkanes of at least 4 members (excludes halogenated alkanes) is 1. The summed E-state index contributed by atoms with van der Waals surface area (Å²) in [6, 6.07) is 3.87. The number of amides is 2. The van der Waals surface area contributed by atoms with E-state index in [0.29, 0.717) is 13.1 Å². The molecule has 0 unspecified atom stereocenters. The molecule has 0 atom stereocenters. The van der Waals surface area contributed by atoms with Crippen molar-refractivity contribution < 1.29 is 19.8 Å². The van der Waals surface area contributed by atoms with Crippen LogP contribution in [0.3, 0.4) is 0 Å². The summed E-state index contributed by atoms with van der Waals surface area (Å²) >= 11 is 0. The van der Waals surface area contributed by atoms with Crippen LogP contribution in [-0.2, 0) is 0 Å². The Morgan fingerprint density at radius 1 is 1.30 bits per heavy atom. The molecule has 6 heteroatoms. The molecule has 0 saturated heterocycles. The maximum Gasteiger partial charge on any atom is 0.339 e. The molecule has 2 amide bonds. The van der Waals surface area contributed by atoms with E-state index >= 15 is 0 Å². The second-order valence-corrected chi connectivity index (χ2v) is 4.37.